The first-order chi connectivity index (χ1) is 14.2. The average Bonchev–Trinajstić information content (AvgIpc) is 3.35. The van der Waals surface area contributed by atoms with Crippen LogP contribution < -0.4 is 5.32 Å². The molecule has 2 aromatic rings. The van der Waals surface area contributed by atoms with E-state index in [0.717, 1.165) is 11.3 Å². The smallest absolute Gasteiger partial charge is 0.325 e. The largest absolute Gasteiger partial charge is 0.465 e. The third kappa shape index (κ3) is 4.29. The minimum Gasteiger partial charge on any atom is -0.465 e. The summed E-state index contributed by atoms with van der Waals surface area (Å²) in [5.74, 6) is -0.268. The summed E-state index contributed by atoms with van der Waals surface area (Å²) < 4.78 is 7.53. The summed E-state index contributed by atoms with van der Waals surface area (Å²) in [5.41, 5.74) is 2.06. The maximum Gasteiger partial charge on any atom is 0.325 e. The van der Waals surface area contributed by atoms with Crippen LogP contribution in [0.4, 0.5) is 0 Å². The fourth-order valence-electron chi connectivity index (χ4n) is 4.50. The van der Waals surface area contributed by atoms with E-state index in [-0.39, 0.29) is 24.6 Å². The Morgan fingerprint density at radius 3 is 2.83 bits per heavy atom. The van der Waals surface area contributed by atoms with Crippen molar-refractivity contribution in [3.63, 3.8) is 0 Å². The van der Waals surface area contributed by atoms with Gasteiger partial charge in [0.15, 0.2) is 5.11 Å². The zero-order chi connectivity index (χ0) is 20.2. The first-order valence-electron chi connectivity index (χ1n) is 10.5. The van der Waals surface area contributed by atoms with Crippen molar-refractivity contribution >= 4 is 23.3 Å². The highest BCUT2D eigenvalue weighted by atomic mass is 32.1. The lowest BCUT2D eigenvalue weighted by atomic mass is 9.95. The number of aromatic nitrogens is 2. The molecule has 2 atom stereocenters. The SMILES string of the molecule is CCOC(=O)CN1C(=S)NC(c2ccccn2)C1c1ccn(C2CCCCC2)c1. The Bertz CT molecular complexity index is 848. The van der Waals surface area contributed by atoms with Crippen molar-refractivity contribution in [1.29, 1.82) is 0 Å². The van der Waals surface area contributed by atoms with E-state index in [9.17, 15) is 4.79 Å². The normalized spacial score (nSPS) is 22.5. The molecule has 4 rings (SSSR count). The van der Waals surface area contributed by atoms with Crippen molar-refractivity contribution in [3.8, 4) is 0 Å². The van der Waals surface area contributed by atoms with Gasteiger partial charge in [0.25, 0.3) is 0 Å². The number of carbonyl (C=O) groups is 1. The fourth-order valence-corrected chi connectivity index (χ4v) is 4.80. The van der Waals surface area contributed by atoms with E-state index in [1.54, 1.807) is 6.20 Å². The van der Waals surface area contributed by atoms with E-state index in [1.807, 2.05) is 30.0 Å². The van der Waals surface area contributed by atoms with Crippen molar-refractivity contribution in [2.24, 2.45) is 0 Å². The van der Waals surface area contributed by atoms with E-state index >= 15 is 0 Å². The highest BCUT2D eigenvalue weighted by molar-refractivity contribution is 7.80. The van der Waals surface area contributed by atoms with Crippen molar-refractivity contribution in [2.45, 2.75) is 57.2 Å². The molecule has 154 valence electrons. The summed E-state index contributed by atoms with van der Waals surface area (Å²) in [6, 6.07) is 8.38. The number of ether oxygens (including phenoxy) is 1. The molecule has 1 aliphatic heterocycles. The van der Waals surface area contributed by atoms with Gasteiger partial charge < -0.3 is 19.5 Å². The van der Waals surface area contributed by atoms with Crippen LogP contribution in [0, 0.1) is 0 Å². The van der Waals surface area contributed by atoms with Gasteiger partial charge in [-0.05, 0) is 55.7 Å². The van der Waals surface area contributed by atoms with Crippen LogP contribution >= 0.6 is 12.2 Å². The van der Waals surface area contributed by atoms with Crippen molar-refractivity contribution in [1.82, 2.24) is 19.8 Å². The second-order valence-corrected chi connectivity index (χ2v) is 8.13. The average molecular weight is 413 g/mol. The Morgan fingerprint density at radius 1 is 1.28 bits per heavy atom. The summed E-state index contributed by atoms with van der Waals surface area (Å²) in [7, 11) is 0. The second-order valence-electron chi connectivity index (χ2n) is 7.74. The molecule has 1 N–H and O–H groups in total. The summed E-state index contributed by atoms with van der Waals surface area (Å²) in [4.78, 5) is 18.7. The van der Waals surface area contributed by atoms with Crippen LogP contribution in [0.25, 0.3) is 0 Å². The second kappa shape index (κ2) is 8.95. The third-order valence-electron chi connectivity index (χ3n) is 5.88. The monoisotopic (exact) mass is 412 g/mol. The van der Waals surface area contributed by atoms with E-state index in [4.69, 9.17) is 17.0 Å². The number of hydrogen-bond donors (Lipinski definition) is 1. The van der Waals surface area contributed by atoms with Crippen LogP contribution in [0.15, 0.2) is 42.9 Å². The number of rotatable bonds is 6. The van der Waals surface area contributed by atoms with Crippen molar-refractivity contribution in [3.05, 3.63) is 54.1 Å². The maximum atomic E-state index is 12.2. The molecule has 1 saturated carbocycles. The Labute approximate surface area is 177 Å². The molecule has 2 aliphatic rings. The number of nitrogens with one attached hydrogen (secondary N) is 1. The molecule has 3 heterocycles. The van der Waals surface area contributed by atoms with Gasteiger partial charge >= 0.3 is 5.97 Å². The van der Waals surface area contributed by atoms with Crippen LogP contribution in [0.3, 0.4) is 0 Å². The predicted octanol–water partition coefficient (Wildman–Crippen LogP) is 3.92. The van der Waals surface area contributed by atoms with Crippen LogP contribution in [0.1, 0.15) is 68.4 Å². The summed E-state index contributed by atoms with van der Waals surface area (Å²) in [5, 5.41) is 3.94. The Balaban J connectivity index is 1.64. The number of hydrogen-bond acceptors (Lipinski definition) is 4. The molecule has 2 unspecified atom stereocenters. The lowest BCUT2D eigenvalue weighted by Crippen LogP contribution is -2.35. The number of carbonyl (C=O) groups excluding carboxylic acids is 1. The van der Waals surface area contributed by atoms with Gasteiger partial charge in [0.1, 0.15) is 6.54 Å². The molecule has 6 nitrogen and oxygen atoms in total. The molecule has 0 radical (unpaired) electrons. The molecular formula is C22H28N4O2S. The molecule has 0 bridgehead atoms. The quantitative estimate of drug-likeness (QED) is 0.573. The lowest BCUT2D eigenvalue weighted by Gasteiger charge is -2.27. The highest BCUT2D eigenvalue weighted by Crippen LogP contribution is 2.39. The minimum absolute atomic E-state index is 0.105. The third-order valence-corrected chi connectivity index (χ3v) is 6.23. The molecular weight excluding hydrogens is 384 g/mol. The van der Waals surface area contributed by atoms with Gasteiger partial charge in [-0.15, -0.1) is 0 Å². The maximum absolute atomic E-state index is 12.2. The molecule has 0 amide bonds. The van der Waals surface area contributed by atoms with Gasteiger partial charge in [-0.2, -0.15) is 0 Å². The van der Waals surface area contributed by atoms with Crippen LogP contribution in [0.5, 0.6) is 0 Å². The fraction of sp³-hybridized carbons (Fsp3) is 0.500. The Morgan fingerprint density at radius 2 is 2.10 bits per heavy atom. The number of esters is 1. The molecule has 0 aromatic carbocycles. The van der Waals surface area contributed by atoms with Gasteiger partial charge in [-0.25, -0.2) is 0 Å². The molecule has 29 heavy (non-hydrogen) atoms. The van der Waals surface area contributed by atoms with E-state index in [2.05, 4.69) is 33.3 Å². The van der Waals surface area contributed by atoms with Gasteiger partial charge in [-0.3, -0.25) is 9.78 Å². The Kier molecular flexibility index (Phi) is 6.13. The van der Waals surface area contributed by atoms with Crippen LogP contribution in [-0.2, 0) is 9.53 Å². The predicted molar refractivity (Wildman–Crippen MR) is 115 cm³/mol. The van der Waals surface area contributed by atoms with Crippen molar-refractivity contribution in [2.75, 3.05) is 13.2 Å². The molecule has 7 heteroatoms. The molecule has 0 spiro atoms. The standard InChI is InChI=1S/C22H28N4O2S/c1-2-28-19(27)15-26-21(20(24-22(26)29)18-10-6-7-12-23-18)16-11-13-25(14-16)17-8-4-3-5-9-17/h6-7,10-14,17,20-21H,2-5,8-9,15H2,1H3,(H,24,29). The van der Waals surface area contributed by atoms with Gasteiger partial charge in [0, 0.05) is 24.6 Å². The molecule has 2 aromatic heterocycles. The van der Waals surface area contributed by atoms with E-state index < -0.39 is 0 Å². The topological polar surface area (TPSA) is 59.4 Å². The summed E-state index contributed by atoms with van der Waals surface area (Å²) in [6.45, 7) is 2.30. The summed E-state index contributed by atoms with van der Waals surface area (Å²) in [6.07, 6.45) is 12.6. The number of thiocarbonyl (C=S) groups is 1. The Hall–Kier alpha value is -2.41. The van der Waals surface area contributed by atoms with Gasteiger partial charge in [0.05, 0.1) is 24.4 Å². The van der Waals surface area contributed by atoms with Gasteiger partial charge in [-0.1, -0.05) is 25.3 Å². The number of pyridine rings is 1. The zero-order valence-electron chi connectivity index (χ0n) is 16.8. The van der Waals surface area contributed by atoms with Gasteiger partial charge in [0.2, 0.25) is 0 Å². The molecule has 2 fully saturated rings. The first-order valence-corrected chi connectivity index (χ1v) is 10.9. The first kappa shape index (κ1) is 19.9. The number of nitrogens with zero attached hydrogens (tertiary/aromatic N) is 3. The highest BCUT2D eigenvalue weighted by Gasteiger charge is 2.41. The van der Waals surface area contributed by atoms with E-state index in [0.29, 0.717) is 17.8 Å². The molecule has 1 aliphatic carbocycles. The summed E-state index contributed by atoms with van der Waals surface area (Å²) >= 11 is 5.60. The van der Waals surface area contributed by atoms with E-state index in [1.165, 1.54) is 32.1 Å². The van der Waals surface area contributed by atoms with Crippen LogP contribution in [-0.4, -0.2) is 38.7 Å². The van der Waals surface area contributed by atoms with Crippen molar-refractivity contribution < 1.29 is 9.53 Å². The lowest BCUT2D eigenvalue weighted by molar-refractivity contribution is -0.143. The molecule has 1 saturated heterocycles. The van der Waals surface area contributed by atoms with Crippen LogP contribution in [0.2, 0.25) is 0 Å². The minimum atomic E-state index is -0.268. The zero-order valence-corrected chi connectivity index (χ0v) is 17.6.